The average Bonchev–Trinajstić information content (AvgIpc) is 1.84. The molecule has 1 atom stereocenters. The molecule has 1 rings (SSSR count). The van der Waals surface area contributed by atoms with E-state index in [1.807, 2.05) is 0 Å². The zero-order chi connectivity index (χ0) is 7.40. The van der Waals surface area contributed by atoms with E-state index in [9.17, 15) is 0 Å². The first-order valence-corrected chi connectivity index (χ1v) is 3.80. The lowest BCUT2D eigenvalue weighted by Gasteiger charge is -2.02. The quantitative estimate of drug-likeness (QED) is 0.477. The van der Waals surface area contributed by atoms with Crippen molar-refractivity contribution in [1.82, 2.24) is 0 Å². The van der Waals surface area contributed by atoms with E-state index in [0.29, 0.717) is 5.92 Å². The number of allylic oxidation sites excluding steroid dienone is 6. The molecule has 0 aromatic carbocycles. The Hall–Kier alpha value is -0.780. The summed E-state index contributed by atoms with van der Waals surface area (Å²) in [7, 11) is 0. The normalized spacial score (nSPS) is 25.4. The van der Waals surface area contributed by atoms with Gasteiger partial charge in [-0.1, -0.05) is 42.9 Å². The molecule has 1 aliphatic carbocycles. The van der Waals surface area contributed by atoms with Crippen LogP contribution in [-0.2, 0) is 0 Å². The first kappa shape index (κ1) is 7.33. The maximum atomic E-state index is 2.24. The van der Waals surface area contributed by atoms with Crippen molar-refractivity contribution in [3.8, 4) is 0 Å². The molecule has 1 unspecified atom stereocenters. The van der Waals surface area contributed by atoms with Crippen LogP contribution < -0.4 is 0 Å². The lowest BCUT2D eigenvalue weighted by molar-refractivity contribution is 0.743. The molecule has 0 amide bonds. The monoisotopic (exact) mass is 134 g/mol. The summed E-state index contributed by atoms with van der Waals surface area (Å²) in [5.74, 6) is 0.695. The number of hydrogen-bond donors (Lipinski definition) is 0. The highest BCUT2D eigenvalue weighted by Crippen LogP contribution is 2.09. The van der Waals surface area contributed by atoms with Crippen molar-refractivity contribution in [2.45, 2.75) is 20.3 Å². The molecule has 1 aliphatic rings. The Labute approximate surface area is 62.9 Å². The van der Waals surface area contributed by atoms with Crippen LogP contribution in [0.25, 0.3) is 0 Å². The SMILES string of the molecule is CC1=CC=CC(C)CC=C1. The standard InChI is InChI=1S/C10H14/c1-9-5-3-7-10(2)8-4-6-9/h3-7,10H,8H2,1-2H3. The van der Waals surface area contributed by atoms with Gasteiger partial charge in [-0.25, -0.2) is 0 Å². The van der Waals surface area contributed by atoms with Crippen LogP contribution in [0.15, 0.2) is 36.0 Å². The third kappa shape index (κ3) is 2.22. The molecule has 10 heavy (non-hydrogen) atoms. The van der Waals surface area contributed by atoms with E-state index in [1.165, 1.54) is 12.0 Å². The molecule has 0 heteroatoms. The average molecular weight is 134 g/mol. The Kier molecular flexibility index (Phi) is 2.49. The lowest BCUT2D eigenvalue weighted by atomic mass is 10.0. The van der Waals surface area contributed by atoms with Crippen molar-refractivity contribution in [2.24, 2.45) is 5.92 Å². The van der Waals surface area contributed by atoms with E-state index >= 15 is 0 Å². The second kappa shape index (κ2) is 3.40. The first-order valence-electron chi connectivity index (χ1n) is 3.80. The van der Waals surface area contributed by atoms with Gasteiger partial charge in [0.2, 0.25) is 0 Å². The summed E-state index contributed by atoms with van der Waals surface area (Å²) >= 11 is 0. The maximum absolute atomic E-state index is 2.24. The Morgan fingerprint density at radius 2 is 2.30 bits per heavy atom. The fraction of sp³-hybridized carbons (Fsp3) is 0.400. The topological polar surface area (TPSA) is 0 Å². The highest BCUT2D eigenvalue weighted by atomic mass is 14.0. The van der Waals surface area contributed by atoms with Gasteiger partial charge in [-0.15, -0.1) is 0 Å². The summed E-state index contributed by atoms with van der Waals surface area (Å²) in [6.45, 7) is 4.35. The lowest BCUT2D eigenvalue weighted by Crippen LogP contribution is -1.87. The molecule has 0 aliphatic heterocycles. The van der Waals surface area contributed by atoms with Gasteiger partial charge in [0, 0.05) is 0 Å². The van der Waals surface area contributed by atoms with Crippen LogP contribution in [0.4, 0.5) is 0 Å². The van der Waals surface area contributed by atoms with Gasteiger partial charge in [0.1, 0.15) is 0 Å². The second-order valence-electron chi connectivity index (χ2n) is 2.91. The van der Waals surface area contributed by atoms with Gasteiger partial charge < -0.3 is 0 Å². The second-order valence-corrected chi connectivity index (χ2v) is 2.91. The zero-order valence-electron chi connectivity index (χ0n) is 6.67. The molecular formula is C10H14. The van der Waals surface area contributed by atoms with Crippen LogP contribution in [0.2, 0.25) is 0 Å². The third-order valence-electron chi connectivity index (χ3n) is 1.69. The predicted molar refractivity (Wildman–Crippen MR) is 45.8 cm³/mol. The molecule has 0 N–H and O–H groups in total. The molecule has 0 saturated carbocycles. The van der Waals surface area contributed by atoms with E-state index in [1.54, 1.807) is 0 Å². The Morgan fingerprint density at radius 1 is 1.50 bits per heavy atom. The summed E-state index contributed by atoms with van der Waals surface area (Å²) in [6.07, 6.45) is 12.1. The van der Waals surface area contributed by atoms with Gasteiger partial charge >= 0.3 is 0 Å². The summed E-state index contributed by atoms with van der Waals surface area (Å²) in [5, 5.41) is 0. The molecule has 0 bridgehead atoms. The fourth-order valence-electron chi connectivity index (χ4n) is 1.000. The molecule has 0 nitrogen and oxygen atoms in total. The maximum Gasteiger partial charge on any atom is -0.0224 e. The minimum Gasteiger partial charge on any atom is -0.0837 e. The molecule has 0 heterocycles. The van der Waals surface area contributed by atoms with E-state index in [4.69, 9.17) is 0 Å². The number of hydrogen-bond acceptors (Lipinski definition) is 0. The molecule has 0 aromatic rings. The third-order valence-corrected chi connectivity index (χ3v) is 1.69. The van der Waals surface area contributed by atoms with Crippen molar-refractivity contribution >= 4 is 0 Å². The van der Waals surface area contributed by atoms with Crippen LogP contribution in [0, 0.1) is 5.92 Å². The van der Waals surface area contributed by atoms with E-state index in [2.05, 4.69) is 44.2 Å². The van der Waals surface area contributed by atoms with Crippen LogP contribution in [-0.4, -0.2) is 0 Å². The largest absolute Gasteiger partial charge is 0.0837 e. The van der Waals surface area contributed by atoms with Crippen LogP contribution in [0.5, 0.6) is 0 Å². The molecule has 0 spiro atoms. The van der Waals surface area contributed by atoms with Crippen LogP contribution in [0.1, 0.15) is 20.3 Å². The van der Waals surface area contributed by atoms with E-state index in [0.717, 1.165) is 0 Å². The van der Waals surface area contributed by atoms with Crippen molar-refractivity contribution in [2.75, 3.05) is 0 Å². The molecule has 0 saturated heterocycles. The van der Waals surface area contributed by atoms with Crippen molar-refractivity contribution < 1.29 is 0 Å². The smallest absolute Gasteiger partial charge is 0.0224 e. The van der Waals surface area contributed by atoms with Gasteiger partial charge in [0.15, 0.2) is 0 Å². The molecule has 0 aromatic heterocycles. The Bertz CT molecular complexity index is 182. The highest BCUT2D eigenvalue weighted by Gasteiger charge is 1.93. The van der Waals surface area contributed by atoms with Crippen LogP contribution >= 0.6 is 0 Å². The van der Waals surface area contributed by atoms with Gasteiger partial charge in [-0.3, -0.25) is 0 Å². The van der Waals surface area contributed by atoms with Gasteiger partial charge in [-0.05, 0) is 19.3 Å². The van der Waals surface area contributed by atoms with Crippen LogP contribution in [0.3, 0.4) is 0 Å². The summed E-state index contributed by atoms with van der Waals surface area (Å²) in [5.41, 5.74) is 1.34. The minimum atomic E-state index is 0.695. The summed E-state index contributed by atoms with van der Waals surface area (Å²) in [6, 6.07) is 0. The van der Waals surface area contributed by atoms with Crippen molar-refractivity contribution in [3.63, 3.8) is 0 Å². The fourth-order valence-corrected chi connectivity index (χ4v) is 1.000. The minimum absolute atomic E-state index is 0.695. The highest BCUT2D eigenvalue weighted by molar-refractivity contribution is 5.23. The van der Waals surface area contributed by atoms with E-state index < -0.39 is 0 Å². The molecular weight excluding hydrogens is 120 g/mol. The van der Waals surface area contributed by atoms with Gasteiger partial charge in [-0.2, -0.15) is 0 Å². The summed E-state index contributed by atoms with van der Waals surface area (Å²) < 4.78 is 0. The predicted octanol–water partition coefficient (Wildman–Crippen LogP) is 3.08. The van der Waals surface area contributed by atoms with Gasteiger partial charge in [0.25, 0.3) is 0 Å². The summed E-state index contributed by atoms with van der Waals surface area (Å²) in [4.78, 5) is 0. The van der Waals surface area contributed by atoms with Gasteiger partial charge in [0.05, 0.1) is 0 Å². The van der Waals surface area contributed by atoms with Crippen molar-refractivity contribution in [1.29, 1.82) is 0 Å². The molecule has 0 fully saturated rings. The number of rotatable bonds is 0. The van der Waals surface area contributed by atoms with E-state index in [-0.39, 0.29) is 0 Å². The Morgan fingerprint density at radius 3 is 3.10 bits per heavy atom. The molecule has 0 radical (unpaired) electrons. The zero-order valence-corrected chi connectivity index (χ0v) is 6.67. The van der Waals surface area contributed by atoms with Crippen molar-refractivity contribution in [3.05, 3.63) is 36.0 Å². The Balaban J connectivity index is 2.70. The first-order chi connectivity index (χ1) is 4.79. The molecule has 54 valence electrons.